The lowest BCUT2D eigenvalue weighted by atomic mass is 9.81. The molecule has 0 spiro atoms. The van der Waals surface area contributed by atoms with Gasteiger partial charge in [-0.2, -0.15) is 0 Å². The van der Waals surface area contributed by atoms with Gasteiger partial charge in [0.15, 0.2) is 0 Å². The number of carbonyl (C=O) groups excluding carboxylic acids is 1. The summed E-state index contributed by atoms with van der Waals surface area (Å²) in [6.07, 6.45) is 7.75. The van der Waals surface area contributed by atoms with E-state index in [-0.39, 0.29) is 23.7 Å². The van der Waals surface area contributed by atoms with Crippen LogP contribution in [0.5, 0.6) is 0 Å². The average Bonchev–Trinajstić information content (AvgIpc) is 2.33. The third-order valence-electron chi connectivity index (χ3n) is 4.17. The number of carbonyl (C=O) groups is 1. The van der Waals surface area contributed by atoms with Crippen LogP contribution in [-0.2, 0) is 4.79 Å². The number of rotatable bonds is 5. The first-order valence-electron chi connectivity index (χ1n) is 6.69. The van der Waals surface area contributed by atoms with Gasteiger partial charge in [0.1, 0.15) is 0 Å². The molecule has 102 valence electrons. The zero-order valence-electron chi connectivity index (χ0n) is 11.1. The van der Waals surface area contributed by atoms with Crippen molar-refractivity contribution in [2.24, 2.45) is 11.1 Å². The van der Waals surface area contributed by atoms with Crippen LogP contribution in [0.4, 0.5) is 0 Å². The zero-order chi connectivity index (χ0) is 12.0. The van der Waals surface area contributed by atoms with E-state index < -0.39 is 0 Å². The molecule has 1 fully saturated rings. The summed E-state index contributed by atoms with van der Waals surface area (Å²) in [5.41, 5.74) is 5.44. The van der Waals surface area contributed by atoms with Crippen molar-refractivity contribution in [3.05, 3.63) is 0 Å². The molecular weight excluding hydrogens is 236 g/mol. The molecule has 0 bridgehead atoms. The van der Waals surface area contributed by atoms with Gasteiger partial charge < -0.3 is 11.1 Å². The highest BCUT2D eigenvalue weighted by molar-refractivity contribution is 5.85. The van der Waals surface area contributed by atoms with Gasteiger partial charge in [0.25, 0.3) is 0 Å². The summed E-state index contributed by atoms with van der Waals surface area (Å²) < 4.78 is 0. The second kappa shape index (κ2) is 7.93. The molecule has 0 aromatic heterocycles. The fourth-order valence-corrected chi connectivity index (χ4v) is 2.54. The maximum atomic E-state index is 12.2. The van der Waals surface area contributed by atoms with Gasteiger partial charge in [-0.3, -0.25) is 4.79 Å². The van der Waals surface area contributed by atoms with Crippen molar-refractivity contribution in [1.82, 2.24) is 5.32 Å². The van der Waals surface area contributed by atoms with Gasteiger partial charge in [-0.1, -0.05) is 33.1 Å². The van der Waals surface area contributed by atoms with Crippen LogP contribution in [0.15, 0.2) is 0 Å². The van der Waals surface area contributed by atoms with Crippen molar-refractivity contribution in [3.63, 3.8) is 0 Å². The molecule has 3 nitrogen and oxygen atoms in total. The Morgan fingerprint density at radius 3 is 2.18 bits per heavy atom. The second-order valence-corrected chi connectivity index (χ2v) is 5.00. The lowest BCUT2D eigenvalue weighted by Gasteiger charge is -2.32. The second-order valence-electron chi connectivity index (χ2n) is 5.00. The monoisotopic (exact) mass is 262 g/mol. The number of hydrogen-bond acceptors (Lipinski definition) is 2. The molecule has 0 aromatic carbocycles. The topological polar surface area (TPSA) is 55.1 Å². The van der Waals surface area contributed by atoms with Crippen LogP contribution >= 0.6 is 12.4 Å². The zero-order valence-corrected chi connectivity index (χ0v) is 11.9. The Labute approximate surface area is 111 Å². The first-order chi connectivity index (χ1) is 7.68. The van der Waals surface area contributed by atoms with Crippen LogP contribution in [-0.4, -0.2) is 18.5 Å². The van der Waals surface area contributed by atoms with Gasteiger partial charge >= 0.3 is 0 Å². The molecule has 0 aliphatic heterocycles. The van der Waals surface area contributed by atoms with Gasteiger partial charge in [-0.05, 0) is 25.7 Å². The first-order valence-corrected chi connectivity index (χ1v) is 6.69. The molecule has 1 saturated carbocycles. The Kier molecular flexibility index (Phi) is 7.80. The van der Waals surface area contributed by atoms with E-state index in [4.69, 9.17) is 5.73 Å². The van der Waals surface area contributed by atoms with Crippen LogP contribution in [0.1, 0.15) is 58.8 Å². The summed E-state index contributed by atoms with van der Waals surface area (Å²) in [5, 5.41) is 3.19. The molecule has 1 aliphatic rings. The third kappa shape index (κ3) is 4.14. The van der Waals surface area contributed by atoms with E-state index in [1.54, 1.807) is 0 Å². The summed E-state index contributed by atoms with van der Waals surface area (Å²) >= 11 is 0. The van der Waals surface area contributed by atoms with E-state index in [1.165, 1.54) is 19.3 Å². The predicted octanol–water partition coefficient (Wildman–Crippen LogP) is 2.62. The van der Waals surface area contributed by atoms with Crippen molar-refractivity contribution in [3.8, 4) is 0 Å². The highest BCUT2D eigenvalue weighted by Gasteiger charge is 2.34. The van der Waals surface area contributed by atoms with E-state index in [0.717, 1.165) is 25.7 Å². The van der Waals surface area contributed by atoms with Gasteiger partial charge in [-0.15, -0.1) is 12.4 Å². The minimum atomic E-state index is -0.336. The van der Waals surface area contributed by atoms with E-state index in [9.17, 15) is 4.79 Å². The largest absolute Gasteiger partial charge is 0.353 e. The lowest BCUT2D eigenvalue weighted by Crippen LogP contribution is -2.49. The Bertz CT molecular complexity index is 215. The molecule has 0 heterocycles. The van der Waals surface area contributed by atoms with E-state index in [2.05, 4.69) is 19.2 Å². The normalized spacial score (nSPS) is 17.4. The SMILES string of the molecule is CCC(CC)(CN)C(=O)NC1CCCCC1.Cl. The van der Waals surface area contributed by atoms with Crippen molar-refractivity contribution >= 4 is 18.3 Å². The molecule has 0 radical (unpaired) electrons. The number of nitrogens with two attached hydrogens (primary N) is 1. The molecule has 0 saturated heterocycles. The smallest absolute Gasteiger partial charge is 0.227 e. The fourth-order valence-electron chi connectivity index (χ4n) is 2.54. The number of amides is 1. The quantitative estimate of drug-likeness (QED) is 0.800. The average molecular weight is 263 g/mol. The standard InChI is InChI=1S/C13H26N2O.ClH/c1-3-13(4-2,10-14)12(16)15-11-8-6-5-7-9-11;/h11H,3-10,14H2,1-2H3,(H,15,16);1H. The Morgan fingerprint density at radius 2 is 1.76 bits per heavy atom. The van der Waals surface area contributed by atoms with Crippen LogP contribution in [0.3, 0.4) is 0 Å². The molecule has 0 unspecified atom stereocenters. The summed E-state index contributed by atoms with van der Waals surface area (Å²) in [6, 6.07) is 0.394. The van der Waals surface area contributed by atoms with Crippen molar-refractivity contribution in [2.75, 3.05) is 6.54 Å². The Morgan fingerprint density at radius 1 is 1.24 bits per heavy atom. The Hall–Kier alpha value is -0.280. The molecular formula is C13H27ClN2O. The molecule has 4 heteroatoms. The first kappa shape index (κ1) is 16.7. The maximum absolute atomic E-state index is 12.2. The van der Waals surface area contributed by atoms with E-state index in [0.29, 0.717) is 12.6 Å². The molecule has 3 N–H and O–H groups in total. The predicted molar refractivity (Wildman–Crippen MR) is 74.3 cm³/mol. The molecule has 17 heavy (non-hydrogen) atoms. The summed E-state index contributed by atoms with van der Waals surface area (Å²) in [4.78, 5) is 12.2. The van der Waals surface area contributed by atoms with Crippen LogP contribution in [0.25, 0.3) is 0 Å². The van der Waals surface area contributed by atoms with Crippen molar-refractivity contribution in [1.29, 1.82) is 0 Å². The highest BCUT2D eigenvalue weighted by Crippen LogP contribution is 2.26. The van der Waals surface area contributed by atoms with Crippen molar-refractivity contribution < 1.29 is 4.79 Å². The van der Waals surface area contributed by atoms with E-state index in [1.807, 2.05) is 0 Å². The van der Waals surface area contributed by atoms with Crippen LogP contribution in [0, 0.1) is 5.41 Å². The van der Waals surface area contributed by atoms with Gasteiger partial charge in [-0.25, -0.2) is 0 Å². The molecule has 0 aromatic rings. The molecule has 0 atom stereocenters. The maximum Gasteiger partial charge on any atom is 0.227 e. The summed E-state index contributed by atoms with van der Waals surface area (Å²) in [6.45, 7) is 4.56. The third-order valence-corrected chi connectivity index (χ3v) is 4.17. The Balaban J connectivity index is 0.00000256. The lowest BCUT2D eigenvalue weighted by molar-refractivity contribution is -0.132. The summed E-state index contributed by atoms with van der Waals surface area (Å²) in [5.74, 6) is 0.173. The van der Waals surface area contributed by atoms with Gasteiger partial charge in [0, 0.05) is 12.6 Å². The van der Waals surface area contributed by atoms with Gasteiger partial charge in [0.2, 0.25) is 5.91 Å². The highest BCUT2D eigenvalue weighted by atomic mass is 35.5. The van der Waals surface area contributed by atoms with E-state index >= 15 is 0 Å². The fraction of sp³-hybridized carbons (Fsp3) is 0.923. The minimum absolute atomic E-state index is 0. The number of nitrogens with one attached hydrogen (secondary N) is 1. The van der Waals surface area contributed by atoms with Crippen LogP contribution in [0.2, 0.25) is 0 Å². The number of hydrogen-bond donors (Lipinski definition) is 2. The molecule has 1 rings (SSSR count). The number of halogens is 1. The van der Waals surface area contributed by atoms with Gasteiger partial charge in [0.05, 0.1) is 5.41 Å². The minimum Gasteiger partial charge on any atom is -0.353 e. The summed E-state index contributed by atoms with van der Waals surface area (Å²) in [7, 11) is 0. The van der Waals surface area contributed by atoms with Crippen molar-refractivity contribution in [2.45, 2.75) is 64.8 Å². The molecule has 1 aliphatic carbocycles. The van der Waals surface area contributed by atoms with Crippen LogP contribution < -0.4 is 11.1 Å². The molecule has 1 amide bonds.